The maximum absolute atomic E-state index is 13.3. The van der Waals surface area contributed by atoms with Gasteiger partial charge < -0.3 is 10.3 Å². The van der Waals surface area contributed by atoms with Crippen LogP contribution in [-0.2, 0) is 6.18 Å². The Balaban J connectivity index is 1.67. The first-order valence-electron chi connectivity index (χ1n) is 9.48. The van der Waals surface area contributed by atoms with Crippen LogP contribution in [0, 0.1) is 0 Å². The number of nitrogens with one attached hydrogen (secondary N) is 2. The maximum Gasteiger partial charge on any atom is 0.417 e. The molecule has 2 N–H and O–H groups in total. The van der Waals surface area contributed by atoms with Crippen LogP contribution in [0.4, 0.5) is 18.9 Å². The van der Waals surface area contributed by atoms with Gasteiger partial charge in [0.2, 0.25) is 0 Å². The fourth-order valence-corrected chi connectivity index (χ4v) is 4.36. The Kier molecular flexibility index (Phi) is 5.15. The van der Waals surface area contributed by atoms with Crippen LogP contribution in [0.3, 0.4) is 0 Å². The second-order valence-corrected chi connectivity index (χ2v) is 7.75. The highest BCUT2D eigenvalue weighted by molar-refractivity contribution is 6.34. The summed E-state index contributed by atoms with van der Waals surface area (Å²) in [5, 5.41) is 1.35. The molecule has 2 aromatic rings. The number of nitrogens with zero attached hydrogens (tertiary/aromatic N) is 2. The molecule has 2 atom stereocenters. The Morgan fingerprint density at radius 2 is 1.80 bits per heavy atom. The summed E-state index contributed by atoms with van der Waals surface area (Å²) in [4.78, 5) is 14.8. The average molecular weight is 437 g/mol. The molecule has 0 bridgehead atoms. The molecule has 0 aromatic heterocycles. The van der Waals surface area contributed by atoms with Crippen molar-refractivity contribution in [2.45, 2.75) is 38.5 Å². The lowest BCUT2D eigenvalue weighted by atomic mass is 9.96. The molecule has 0 saturated carbocycles. The molecule has 2 aliphatic rings. The Hall–Kier alpha value is -2.71. The van der Waals surface area contributed by atoms with Gasteiger partial charge in [0.15, 0.2) is 0 Å². The van der Waals surface area contributed by atoms with Crippen LogP contribution in [0.5, 0.6) is 0 Å². The Bertz CT molecular complexity index is 1010. The standard InChI is InChI=1S/C21H20ClF3N4O/c1-12-11-17-19(26-27-29(17)14-7-4-3-5-8-14)13(2)28(12)20(30)15-9-6-10-16(18(15)22)21(23,24)25/h3-10,12-13,26-27H,11H2,1-2H3/t12-,13+/m0/s1. The van der Waals surface area contributed by atoms with E-state index in [4.69, 9.17) is 11.6 Å². The van der Waals surface area contributed by atoms with Gasteiger partial charge in [0, 0.05) is 12.5 Å². The lowest BCUT2D eigenvalue weighted by Gasteiger charge is -2.40. The lowest BCUT2D eigenvalue weighted by Crippen LogP contribution is -2.50. The molecule has 9 heteroatoms. The molecule has 0 spiro atoms. The second kappa shape index (κ2) is 7.52. The summed E-state index contributed by atoms with van der Waals surface area (Å²) >= 11 is 6.00. The number of carbonyl (C=O) groups excluding carboxylic acids is 1. The van der Waals surface area contributed by atoms with E-state index in [2.05, 4.69) is 11.0 Å². The van der Waals surface area contributed by atoms with Crippen molar-refractivity contribution in [1.82, 2.24) is 15.9 Å². The minimum atomic E-state index is -4.63. The third kappa shape index (κ3) is 3.40. The molecule has 158 valence electrons. The number of hydrogen-bond acceptors (Lipinski definition) is 4. The number of anilines is 1. The molecule has 5 nitrogen and oxygen atoms in total. The van der Waals surface area contributed by atoms with E-state index in [1.165, 1.54) is 12.1 Å². The molecule has 2 aliphatic heterocycles. The highest BCUT2D eigenvalue weighted by Crippen LogP contribution is 2.39. The molecule has 0 unspecified atom stereocenters. The highest BCUT2D eigenvalue weighted by Gasteiger charge is 2.41. The van der Waals surface area contributed by atoms with Gasteiger partial charge in [-0.1, -0.05) is 35.9 Å². The number of alkyl halides is 3. The molecule has 0 fully saturated rings. The zero-order chi connectivity index (χ0) is 21.6. The van der Waals surface area contributed by atoms with Crippen LogP contribution in [0.25, 0.3) is 0 Å². The molecular weight excluding hydrogens is 417 g/mol. The molecule has 4 rings (SSSR count). The van der Waals surface area contributed by atoms with Crippen molar-refractivity contribution in [2.75, 3.05) is 5.01 Å². The summed E-state index contributed by atoms with van der Waals surface area (Å²) < 4.78 is 39.7. The normalized spacial score (nSPS) is 21.5. The van der Waals surface area contributed by atoms with E-state index >= 15 is 0 Å². The summed E-state index contributed by atoms with van der Waals surface area (Å²) in [7, 11) is 0. The number of halogens is 4. The van der Waals surface area contributed by atoms with Crippen LogP contribution < -0.4 is 16.0 Å². The van der Waals surface area contributed by atoms with Crippen molar-refractivity contribution in [3.63, 3.8) is 0 Å². The van der Waals surface area contributed by atoms with Crippen LogP contribution in [0.15, 0.2) is 59.9 Å². The second-order valence-electron chi connectivity index (χ2n) is 7.37. The van der Waals surface area contributed by atoms with Gasteiger partial charge in [-0.2, -0.15) is 13.2 Å². The monoisotopic (exact) mass is 436 g/mol. The smallest absolute Gasteiger partial charge is 0.327 e. The first-order chi connectivity index (χ1) is 14.2. The van der Waals surface area contributed by atoms with Crippen molar-refractivity contribution in [2.24, 2.45) is 0 Å². The number of benzene rings is 2. The zero-order valence-electron chi connectivity index (χ0n) is 16.3. The highest BCUT2D eigenvalue weighted by atomic mass is 35.5. The summed E-state index contributed by atoms with van der Waals surface area (Å²) in [6, 6.07) is 12.5. The Morgan fingerprint density at radius 1 is 1.10 bits per heavy atom. The molecule has 0 saturated heterocycles. The first kappa shape index (κ1) is 20.6. The van der Waals surface area contributed by atoms with Crippen LogP contribution >= 0.6 is 11.6 Å². The van der Waals surface area contributed by atoms with Gasteiger partial charge in [-0.15, -0.1) is 5.53 Å². The van der Waals surface area contributed by atoms with E-state index in [-0.39, 0.29) is 17.6 Å². The van der Waals surface area contributed by atoms with E-state index in [1.807, 2.05) is 49.2 Å². The number of hydrazine groups is 2. The van der Waals surface area contributed by atoms with E-state index in [0.717, 1.165) is 23.1 Å². The minimum absolute atomic E-state index is 0.153. The van der Waals surface area contributed by atoms with E-state index < -0.39 is 22.7 Å². The SMILES string of the molecule is C[C@@H]1C2=C(C[C@H](C)N1C(=O)c1cccc(C(F)(F)F)c1Cl)N(c1ccccc1)NN2. The fourth-order valence-electron chi connectivity index (χ4n) is 4.05. The minimum Gasteiger partial charge on any atom is -0.327 e. The number of hydrogen-bond donors (Lipinski definition) is 2. The molecule has 30 heavy (non-hydrogen) atoms. The summed E-state index contributed by atoms with van der Waals surface area (Å²) in [6.45, 7) is 3.72. The van der Waals surface area contributed by atoms with Gasteiger partial charge in [0.1, 0.15) is 0 Å². The maximum atomic E-state index is 13.3. The van der Waals surface area contributed by atoms with Crippen LogP contribution in [-0.4, -0.2) is 22.9 Å². The number of amides is 1. The molecule has 2 aromatic carbocycles. The number of para-hydroxylation sites is 1. The molecular formula is C21H20ClF3N4O. The Morgan fingerprint density at radius 3 is 2.47 bits per heavy atom. The third-order valence-electron chi connectivity index (χ3n) is 5.47. The zero-order valence-corrected chi connectivity index (χ0v) is 17.1. The first-order valence-corrected chi connectivity index (χ1v) is 9.86. The van der Waals surface area contributed by atoms with Gasteiger partial charge in [0.05, 0.1) is 39.3 Å². The van der Waals surface area contributed by atoms with E-state index in [9.17, 15) is 18.0 Å². The summed E-state index contributed by atoms with van der Waals surface area (Å²) in [5.74, 6) is -0.530. The summed E-state index contributed by atoms with van der Waals surface area (Å²) in [5.41, 5.74) is 7.78. The van der Waals surface area contributed by atoms with Gasteiger partial charge in [0.25, 0.3) is 5.91 Å². The fraction of sp³-hybridized carbons (Fsp3) is 0.286. The molecule has 0 radical (unpaired) electrons. The molecule has 2 heterocycles. The van der Waals surface area contributed by atoms with Gasteiger partial charge in [-0.25, -0.2) is 0 Å². The largest absolute Gasteiger partial charge is 0.417 e. The van der Waals surface area contributed by atoms with Crippen molar-refractivity contribution in [3.05, 3.63) is 76.1 Å². The van der Waals surface area contributed by atoms with E-state index in [0.29, 0.717) is 6.42 Å². The number of carbonyl (C=O) groups is 1. The average Bonchev–Trinajstić information content (AvgIpc) is 3.11. The van der Waals surface area contributed by atoms with E-state index in [1.54, 1.807) is 4.90 Å². The van der Waals surface area contributed by atoms with Crippen LogP contribution in [0.2, 0.25) is 5.02 Å². The van der Waals surface area contributed by atoms with Crippen molar-refractivity contribution in [3.8, 4) is 0 Å². The quantitative estimate of drug-likeness (QED) is 0.715. The van der Waals surface area contributed by atoms with Gasteiger partial charge in [-0.05, 0) is 38.1 Å². The number of rotatable bonds is 2. The lowest BCUT2D eigenvalue weighted by molar-refractivity contribution is -0.137. The van der Waals surface area contributed by atoms with Crippen molar-refractivity contribution >= 4 is 23.2 Å². The predicted molar refractivity (Wildman–Crippen MR) is 108 cm³/mol. The van der Waals surface area contributed by atoms with Crippen molar-refractivity contribution < 1.29 is 18.0 Å². The van der Waals surface area contributed by atoms with Crippen molar-refractivity contribution in [1.29, 1.82) is 0 Å². The molecule has 1 amide bonds. The third-order valence-corrected chi connectivity index (χ3v) is 5.87. The van der Waals surface area contributed by atoms with Gasteiger partial charge >= 0.3 is 6.18 Å². The topological polar surface area (TPSA) is 47.6 Å². The summed E-state index contributed by atoms with van der Waals surface area (Å²) in [6.07, 6.45) is -4.10. The van der Waals surface area contributed by atoms with Crippen LogP contribution in [0.1, 0.15) is 36.2 Å². The predicted octanol–water partition coefficient (Wildman–Crippen LogP) is 4.72. The Labute approximate surface area is 177 Å². The van der Waals surface area contributed by atoms with Gasteiger partial charge in [-0.3, -0.25) is 9.80 Å². The molecule has 0 aliphatic carbocycles.